The smallest absolute Gasteiger partial charge is 0.0782 e. The van der Waals surface area contributed by atoms with Crippen molar-refractivity contribution in [3.05, 3.63) is 24.3 Å². The fourth-order valence-electron chi connectivity index (χ4n) is 1.53. The number of nitrogens with zero attached hydrogens (tertiary/aromatic N) is 2. The van der Waals surface area contributed by atoms with E-state index >= 15 is 0 Å². The maximum atomic E-state index is 5.38. The van der Waals surface area contributed by atoms with Gasteiger partial charge in [0.15, 0.2) is 0 Å². The number of nitrogens with one attached hydrogen (secondary N) is 1. The summed E-state index contributed by atoms with van der Waals surface area (Å²) >= 11 is 0. The van der Waals surface area contributed by atoms with E-state index in [9.17, 15) is 0 Å². The van der Waals surface area contributed by atoms with Gasteiger partial charge in [0, 0.05) is 19.5 Å². The van der Waals surface area contributed by atoms with E-state index in [1.807, 2.05) is 7.05 Å². The van der Waals surface area contributed by atoms with Crippen LogP contribution < -0.4 is 5.32 Å². The topological polar surface area (TPSA) is 47.0 Å². The number of aromatic nitrogens is 2. The monoisotopic (exact) mass is 195 g/mol. The minimum Gasteiger partial charge on any atom is -0.379 e. The SMILES string of the molecule is CCC(OC)C(NC)c1cnccn1. The van der Waals surface area contributed by atoms with Crippen LogP contribution in [-0.4, -0.2) is 30.2 Å². The van der Waals surface area contributed by atoms with E-state index in [0.29, 0.717) is 0 Å². The first kappa shape index (κ1) is 11.1. The zero-order valence-electron chi connectivity index (χ0n) is 8.90. The lowest BCUT2D eigenvalue weighted by Gasteiger charge is -2.23. The molecule has 0 aliphatic heterocycles. The molecule has 1 aromatic heterocycles. The molecule has 2 atom stereocenters. The normalized spacial score (nSPS) is 15.1. The van der Waals surface area contributed by atoms with Gasteiger partial charge in [-0.2, -0.15) is 0 Å². The summed E-state index contributed by atoms with van der Waals surface area (Å²) < 4.78 is 5.38. The summed E-state index contributed by atoms with van der Waals surface area (Å²) in [7, 11) is 3.62. The van der Waals surface area contributed by atoms with Crippen LogP contribution in [0.15, 0.2) is 18.6 Å². The molecule has 2 unspecified atom stereocenters. The predicted molar refractivity (Wildman–Crippen MR) is 54.9 cm³/mol. The Bertz CT molecular complexity index is 249. The van der Waals surface area contributed by atoms with Crippen LogP contribution in [0, 0.1) is 0 Å². The van der Waals surface area contributed by atoms with Crippen LogP contribution in [0.5, 0.6) is 0 Å². The second-order valence-electron chi connectivity index (χ2n) is 3.08. The van der Waals surface area contributed by atoms with E-state index in [1.165, 1.54) is 0 Å². The average Bonchev–Trinajstić information content (AvgIpc) is 2.27. The zero-order chi connectivity index (χ0) is 10.4. The van der Waals surface area contributed by atoms with Gasteiger partial charge in [0.2, 0.25) is 0 Å². The second kappa shape index (κ2) is 5.67. The summed E-state index contributed by atoms with van der Waals surface area (Å²) in [5.74, 6) is 0. The molecular formula is C10H17N3O. The summed E-state index contributed by atoms with van der Waals surface area (Å²) in [6, 6.07) is 0.110. The molecule has 0 amide bonds. The van der Waals surface area contributed by atoms with Crippen LogP contribution >= 0.6 is 0 Å². The van der Waals surface area contributed by atoms with Crippen LogP contribution in [0.2, 0.25) is 0 Å². The van der Waals surface area contributed by atoms with Crippen LogP contribution in [0.3, 0.4) is 0 Å². The van der Waals surface area contributed by atoms with Gasteiger partial charge in [0.1, 0.15) is 0 Å². The highest BCUT2D eigenvalue weighted by Gasteiger charge is 2.20. The predicted octanol–water partition coefficient (Wildman–Crippen LogP) is 1.16. The van der Waals surface area contributed by atoms with E-state index in [4.69, 9.17) is 4.74 Å². The van der Waals surface area contributed by atoms with Crippen molar-refractivity contribution in [2.45, 2.75) is 25.5 Å². The number of hydrogen-bond acceptors (Lipinski definition) is 4. The van der Waals surface area contributed by atoms with Gasteiger partial charge in [-0.3, -0.25) is 9.97 Å². The summed E-state index contributed by atoms with van der Waals surface area (Å²) in [6.45, 7) is 2.09. The number of rotatable bonds is 5. The molecule has 14 heavy (non-hydrogen) atoms. The van der Waals surface area contributed by atoms with Crippen LogP contribution in [-0.2, 0) is 4.74 Å². The molecule has 0 fully saturated rings. The van der Waals surface area contributed by atoms with Gasteiger partial charge in [-0.15, -0.1) is 0 Å². The van der Waals surface area contributed by atoms with Crippen molar-refractivity contribution in [3.63, 3.8) is 0 Å². The van der Waals surface area contributed by atoms with Crippen LogP contribution in [0.4, 0.5) is 0 Å². The van der Waals surface area contributed by atoms with Gasteiger partial charge in [-0.1, -0.05) is 6.92 Å². The Morgan fingerprint density at radius 2 is 2.29 bits per heavy atom. The van der Waals surface area contributed by atoms with Gasteiger partial charge in [0.05, 0.1) is 24.0 Å². The van der Waals surface area contributed by atoms with E-state index in [-0.39, 0.29) is 12.1 Å². The minimum absolute atomic E-state index is 0.110. The Balaban J connectivity index is 2.81. The van der Waals surface area contributed by atoms with Crippen molar-refractivity contribution >= 4 is 0 Å². The molecular weight excluding hydrogens is 178 g/mol. The molecule has 0 aliphatic carbocycles. The van der Waals surface area contributed by atoms with Crippen molar-refractivity contribution in [3.8, 4) is 0 Å². The molecule has 1 N–H and O–H groups in total. The first-order chi connectivity index (χ1) is 6.83. The first-order valence-corrected chi connectivity index (χ1v) is 4.79. The summed E-state index contributed by atoms with van der Waals surface area (Å²) in [4.78, 5) is 8.31. The van der Waals surface area contributed by atoms with Crippen molar-refractivity contribution < 1.29 is 4.74 Å². The number of likely N-dealkylation sites (N-methyl/N-ethyl adjacent to an activating group) is 1. The third-order valence-corrected chi connectivity index (χ3v) is 2.29. The fraction of sp³-hybridized carbons (Fsp3) is 0.600. The standard InChI is InChI=1S/C10H17N3O/c1-4-9(14-3)10(11-2)8-7-12-5-6-13-8/h5-7,9-11H,4H2,1-3H3. The highest BCUT2D eigenvalue weighted by atomic mass is 16.5. The molecule has 78 valence electrons. The molecule has 0 saturated heterocycles. The maximum Gasteiger partial charge on any atom is 0.0782 e. The Morgan fingerprint density at radius 3 is 2.71 bits per heavy atom. The quantitative estimate of drug-likeness (QED) is 0.766. The molecule has 1 rings (SSSR count). The minimum atomic E-state index is 0.110. The van der Waals surface area contributed by atoms with Gasteiger partial charge in [-0.25, -0.2) is 0 Å². The van der Waals surface area contributed by atoms with Gasteiger partial charge >= 0.3 is 0 Å². The lowest BCUT2D eigenvalue weighted by atomic mass is 10.1. The van der Waals surface area contributed by atoms with E-state index in [1.54, 1.807) is 25.7 Å². The first-order valence-electron chi connectivity index (χ1n) is 4.79. The second-order valence-corrected chi connectivity index (χ2v) is 3.08. The number of ether oxygens (including phenoxy) is 1. The Hall–Kier alpha value is -1.00. The highest BCUT2D eigenvalue weighted by molar-refractivity contribution is 5.04. The van der Waals surface area contributed by atoms with E-state index < -0.39 is 0 Å². The molecule has 0 spiro atoms. The summed E-state index contributed by atoms with van der Waals surface area (Å²) in [5.41, 5.74) is 0.920. The molecule has 1 heterocycles. The zero-order valence-corrected chi connectivity index (χ0v) is 8.90. The van der Waals surface area contributed by atoms with Crippen molar-refractivity contribution in [1.29, 1.82) is 0 Å². The lowest BCUT2D eigenvalue weighted by Crippen LogP contribution is -2.31. The van der Waals surface area contributed by atoms with Crippen LogP contribution in [0.1, 0.15) is 25.1 Å². The fourth-order valence-corrected chi connectivity index (χ4v) is 1.53. The van der Waals surface area contributed by atoms with E-state index in [2.05, 4.69) is 22.2 Å². The molecule has 4 nitrogen and oxygen atoms in total. The van der Waals surface area contributed by atoms with Crippen molar-refractivity contribution in [2.75, 3.05) is 14.2 Å². The molecule has 0 bridgehead atoms. The average molecular weight is 195 g/mol. The van der Waals surface area contributed by atoms with Gasteiger partial charge < -0.3 is 10.1 Å². The summed E-state index contributed by atoms with van der Waals surface area (Å²) in [5, 5.41) is 3.19. The van der Waals surface area contributed by atoms with Crippen LogP contribution in [0.25, 0.3) is 0 Å². The lowest BCUT2D eigenvalue weighted by molar-refractivity contribution is 0.0662. The molecule has 0 aliphatic rings. The third-order valence-electron chi connectivity index (χ3n) is 2.29. The number of methoxy groups -OCH3 is 1. The van der Waals surface area contributed by atoms with Crippen molar-refractivity contribution in [1.82, 2.24) is 15.3 Å². The Morgan fingerprint density at radius 1 is 1.50 bits per heavy atom. The third kappa shape index (κ3) is 2.49. The Labute approximate surface area is 84.7 Å². The highest BCUT2D eigenvalue weighted by Crippen LogP contribution is 2.17. The largest absolute Gasteiger partial charge is 0.379 e. The molecule has 0 saturated carbocycles. The number of hydrogen-bond donors (Lipinski definition) is 1. The maximum absolute atomic E-state index is 5.38. The van der Waals surface area contributed by atoms with Crippen molar-refractivity contribution in [2.24, 2.45) is 0 Å². The van der Waals surface area contributed by atoms with Gasteiger partial charge in [-0.05, 0) is 13.5 Å². The molecule has 4 heteroatoms. The molecule has 0 radical (unpaired) electrons. The van der Waals surface area contributed by atoms with Gasteiger partial charge in [0.25, 0.3) is 0 Å². The molecule has 0 aromatic carbocycles. The Kier molecular flexibility index (Phi) is 4.49. The molecule has 1 aromatic rings. The van der Waals surface area contributed by atoms with E-state index in [0.717, 1.165) is 12.1 Å². The summed E-state index contributed by atoms with van der Waals surface area (Å²) in [6.07, 6.45) is 6.21.